The SMILES string of the molecule is CCCC(CC)C(O)C[C@H]1C=CCCC1. The van der Waals surface area contributed by atoms with Gasteiger partial charge in [0.15, 0.2) is 0 Å². The molecule has 1 N–H and O–H groups in total. The van der Waals surface area contributed by atoms with Crippen molar-refractivity contribution >= 4 is 0 Å². The molecule has 2 unspecified atom stereocenters. The lowest BCUT2D eigenvalue weighted by molar-refractivity contribution is 0.0786. The highest BCUT2D eigenvalue weighted by Gasteiger charge is 2.20. The molecule has 0 aliphatic heterocycles. The molecule has 0 saturated carbocycles. The largest absolute Gasteiger partial charge is 0.393 e. The van der Waals surface area contributed by atoms with Crippen molar-refractivity contribution in [2.45, 2.75) is 64.9 Å². The van der Waals surface area contributed by atoms with Gasteiger partial charge in [0.1, 0.15) is 0 Å². The minimum Gasteiger partial charge on any atom is -0.393 e. The van der Waals surface area contributed by atoms with Crippen molar-refractivity contribution in [1.82, 2.24) is 0 Å². The van der Waals surface area contributed by atoms with Crippen LogP contribution in [0.25, 0.3) is 0 Å². The Morgan fingerprint density at radius 2 is 2.20 bits per heavy atom. The third-order valence-electron chi connectivity index (χ3n) is 3.63. The zero-order chi connectivity index (χ0) is 11.1. The van der Waals surface area contributed by atoms with E-state index in [0.29, 0.717) is 11.8 Å². The van der Waals surface area contributed by atoms with Crippen molar-refractivity contribution in [2.24, 2.45) is 11.8 Å². The molecule has 0 radical (unpaired) electrons. The number of hydrogen-bond acceptors (Lipinski definition) is 1. The molecule has 0 saturated heterocycles. The molecule has 0 bridgehead atoms. The number of aliphatic hydroxyl groups excluding tert-OH is 1. The molecule has 0 spiro atoms. The van der Waals surface area contributed by atoms with Gasteiger partial charge in [0, 0.05) is 0 Å². The Bertz CT molecular complexity index is 186. The van der Waals surface area contributed by atoms with E-state index in [9.17, 15) is 5.11 Å². The monoisotopic (exact) mass is 210 g/mol. The third-order valence-corrected chi connectivity index (χ3v) is 3.63. The van der Waals surface area contributed by atoms with Gasteiger partial charge in [-0.2, -0.15) is 0 Å². The Labute approximate surface area is 94.6 Å². The first-order valence-corrected chi connectivity index (χ1v) is 6.62. The topological polar surface area (TPSA) is 20.2 Å². The smallest absolute Gasteiger partial charge is 0.0573 e. The molecular formula is C14H26O. The molecule has 0 aromatic carbocycles. The number of hydrogen-bond donors (Lipinski definition) is 1. The first kappa shape index (κ1) is 12.8. The summed E-state index contributed by atoms with van der Waals surface area (Å²) in [6, 6.07) is 0. The minimum absolute atomic E-state index is 0.0808. The fraction of sp³-hybridized carbons (Fsp3) is 0.857. The Hall–Kier alpha value is -0.300. The molecule has 0 amide bonds. The molecule has 0 aromatic rings. The molecule has 0 fully saturated rings. The zero-order valence-corrected chi connectivity index (χ0v) is 10.3. The predicted molar refractivity (Wildman–Crippen MR) is 65.8 cm³/mol. The first-order valence-electron chi connectivity index (χ1n) is 6.62. The molecule has 1 rings (SSSR count). The molecular weight excluding hydrogens is 184 g/mol. The lowest BCUT2D eigenvalue weighted by Crippen LogP contribution is -2.23. The Kier molecular flexibility index (Phi) is 6.00. The quantitative estimate of drug-likeness (QED) is 0.659. The van der Waals surface area contributed by atoms with Crippen molar-refractivity contribution in [3.8, 4) is 0 Å². The average Bonchev–Trinajstić information content (AvgIpc) is 2.27. The molecule has 3 atom stereocenters. The highest BCUT2D eigenvalue weighted by Crippen LogP contribution is 2.26. The van der Waals surface area contributed by atoms with Crippen LogP contribution in [0.4, 0.5) is 0 Å². The van der Waals surface area contributed by atoms with Gasteiger partial charge in [-0.1, -0.05) is 38.8 Å². The summed E-state index contributed by atoms with van der Waals surface area (Å²) >= 11 is 0. The molecule has 1 aliphatic rings. The standard InChI is InChI=1S/C14H26O/c1-3-8-13(4-2)14(15)11-12-9-6-5-7-10-12/h6,9,12-15H,3-5,7-8,10-11H2,1-2H3/t12-,13?,14?/m0/s1. The van der Waals surface area contributed by atoms with E-state index in [4.69, 9.17) is 0 Å². The van der Waals surface area contributed by atoms with Gasteiger partial charge in [-0.3, -0.25) is 0 Å². The van der Waals surface area contributed by atoms with Crippen LogP contribution >= 0.6 is 0 Å². The molecule has 1 nitrogen and oxygen atoms in total. The average molecular weight is 210 g/mol. The lowest BCUT2D eigenvalue weighted by Gasteiger charge is -2.25. The van der Waals surface area contributed by atoms with Gasteiger partial charge in [0.25, 0.3) is 0 Å². The van der Waals surface area contributed by atoms with E-state index in [-0.39, 0.29) is 6.10 Å². The maximum Gasteiger partial charge on any atom is 0.0573 e. The van der Waals surface area contributed by atoms with Crippen LogP contribution < -0.4 is 0 Å². The highest BCUT2D eigenvalue weighted by atomic mass is 16.3. The maximum absolute atomic E-state index is 10.2. The van der Waals surface area contributed by atoms with Gasteiger partial charge < -0.3 is 5.11 Å². The predicted octanol–water partition coefficient (Wildman–Crippen LogP) is 3.92. The zero-order valence-electron chi connectivity index (χ0n) is 10.3. The van der Waals surface area contributed by atoms with Gasteiger partial charge in [0.05, 0.1) is 6.10 Å². The second-order valence-corrected chi connectivity index (χ2v) is 4.88. The van der Waals surface area contributed by atoms with Crippen LogP contribution in [0.15, 0.2) is 12.2 Å². The van der Waals surface area contributed by atoms with E-state index in [1.54, 1.807) is 0 Å². The fourth-order valence-electron chi connectivity index (χ4n) is 2.62. The van der Waals surface area contributed by atoms with Crippen LogP contribution in [0, 0.1) is 11.8 Å². The van der Waals surface area contributed by atoms with Crippen LogP contribution in [0.1, 0.15) is 58.8 Å². The lowest BCUT2D eigenvalue weighted by atomic mass is 9.84. The summed E-state index contributed by atoms with van der Waals surface area (Å²) in [4.78, 5) is 0. The van der Waals surface area contributed by atoms with E-state index in [0.717, 1.165) is 12.8 Å². The second kappa shape index (κ2) is 7.05. The van der Waals surface area contributed by atoms with Crippen molar-refractivity contribution < 1.29 is 5.11 Å². The third kappa shape index (κ3) is 4.38. The van der Waals surface area contributed by atoms with Gasteiger partial charge >= 0.3 is 0 Å². The van der Waals surface area contributed by atoms with Crippen LogP contribution in [-0.4, -0.2) is 11.2 Å². The van der Waals surface area contributed by atoms with Gasteiger partial charge in [-0.25, -0.2) is 0 Å². The van der Waals surface area contributed by atoms with Crippen molar-refractivity contribution in [2.75, 3.05) is 0 Å². The molecule has 0 heterocycles. The maximum atomic E-state index is 10.2. The van der Waals surface area contributed by atoms with E-state index < -0.39 is 0 Å². The Balaban J connectivity index is 2.34. The fourth-order valence-corrected chi connectivity index (χ4v) is 2.62. The molecule has 15 heavy (non-hydrogen) atoms. The summed E-state index contributed by atoms with van der Waals surface area (Å²) < 4.78 is 0. The summed E-state index contributed by atoms with van der Waals surface area (Å²) in [5.41, 5.74) is 0. The van der Waals surface area contributed by atoms with Crippen molar-refractivity contribution in [3.05, 3.63) is 12.2 Å². The molecule has 1 heteroatoms. The highest BCUT2D eigenvalue weighted by molar-refractivity contribution is 4.94. The molecule has 88 valence electrons. The van der Waals surface area contributed by atoms with E-state index >= 15 is 0 Å². The van der Waals surface area contributed by atoms with Crippen LogP contribution in [0.5, 0.6) is 0 Å². The number of allylic oxidation sites excluding steroid dienone is 2. The van der Waals surface area contributed by atoms with E-state index in [2.05, 4.69) is 26.0 Å². The molecule has 1 aliphatic carbocycles. The summed E-state index contributed by atoms with van der Waals surface area (Å²) in [5, 5.41) is 10.2. The van der Waals surface area contributed by atoms with Crippen LogP contribution in [-0.2, 0) is 0 Å². The normalized spacial score (nSPS) is 25.1. The number of rotatable bonds is 6. The van der Waals surface area contributed by atoms with Gasteiger partial charge in [-0.15, -0.1) is 0 Å². The number of aliphatic hydroxyl groups is 1. The van der Waals surface area contributed by atoms with Crippen molar-refractivity contribution in [1.29, 1.82) is 0 Å². The Morgan fingerprint density at radius 1 is 1.40 bits per heavy atom. The van der Waals surface area contributed by atoms with E-state index in [1.165, 1.54) is 32.1 Å². The summed E-state index contributed by atoms with van der Waals surface area (Å²) in [5.74, 6) is 1.16. The summed E-state index contributed by atoms with van der Waals surface area (Å²) in [7, 11) is 0. The summed E-state index contributed by atoms with van der Waals surface area (Å²) in [6.45, 7) is 4.40. The Morgan fingerprint density at radius 3 is 2.73 bits per heavy atom. The van der Waals surface area contributed by atoms with Gasteiger partial charge in [0.2, 0.25) is 0 Å². The van der Waals surface area contributed by atoms with Crippen LogP contribution in [0.2, 0.25) is 0 Å². The van der Waals surface area contributed by atoms with Crippen molar-refractivity contribution in [3.63, 3.8) is 0 Å². The van der Waals surface area contributed by atoms with Crippen LogP contribution in [0.3, 0.4) is 0 Å². The van der Waals surface area contributed by atoms with Gasteiger partial charge in [-0.05, 0) is 43.9 Å². The molecule has 0 aromatic heterocycles. The summed E-state index contributed by atoms with van der Waals surface area (Å²) in [6.07, 6.45) is 12.8. The first-order chi connectivity index (χ1) is 7.27. The van der Waals surface area contributed by atoms with E-state index in [1.807, 2.05) is 0 Å². The second-order valence-electron chi connectivity index (χ2n) is 4.88. The minimum atomic E-state index is -0.0808.